The molecule has 0 bridgehead atoms. The van der Waals surface area contributed by atoms with Gasteiger partial charge in [-0.25, -0.2) is 0 Å². The van der Waals surface area contributed by atoms with Crippen LogP contribution >= 0.6 is 0 Å². The molecule has 0 aliphatic carbocycles. The number of aliphatic carboxylic acids is 1. The van der Waals surface area contributed by atoms with Gasteiger partial charge in [-0.15, -0.1) is 0 Å². The molecule has 1 fully saturated rings. The van der Waals surface area contributed by atoms with Crippen molar-refractivity contribution in [1.82, 2.24) is 10.2 Å². The Labute approximate surface area is 120 Å². The van der Waals surface area contributed by atoms with E-state index in [-0.39, 0.29) is 6.04 Å². The summed E-state index contributed by atoms with van der Waals surface area (Å²) in [6.07, 6.45) is 0.980. The largest absolute Gasteiger partial charge is 0.480 e. The van der Waals surface area contributed by atoms with Crippen LogP contribution in [0.5, 0.6) is 0 Å². The van der Waals surface area contributed by atoms with E-state index in [1.54, 1.807) is 0 Å². The minimum Gasteiger partial charge on any atom is -0.480 e. The number of nitrogens with zero attached hydrogens (tertiary/aromatic N) is 1. The summed E-state index contributed by atoms with van der Waals surface area (Å²) < 4.78 is 0. The molecule has 1 aliphatic rings. The van der Waals surface area contributed by atoms with Crippen molar-refractivity contribution in [3.05, 3.63) is 35.9 Å². The van der Waals surface area contributed by atoms with Crippen molar-refractivity contribution >= 4 is 5.97 Å². The van der Waals surface area contributed by atoms with Crippen molar-refractivity contribution in [2.45, 2.75) is 38.4 Å². The van der Waals surface area contributed by atoms with Crippen LogP contribution in [0.25, 0.3) is 0 Å². The summed E-state index contributed by atoms with van der Waals surface area (Å²) in [5.74, 6) is -0.364. The molecule has 0 aromatic heterocycles. The highest BCUT2D eigenvalue weighted by atomic mass is 16.4. The van der Waals surface area contributed by atoms with Crippen molar-refractivity contribution in [2.24, 2.45) is 5.92 Å². The van der Waals surface area contributed by atoms with Crippen LogP contribution in [-0.4, -0.2) is 41.7 Å². The lowest BCUT2D eigenvalue weighted by molar-refractivity contribution is -0.140. The summed E-state index contributed by atoms with van der Waals surface area (Å²) in [7, 11) is 2.13. The van der Waals surface area contributed by atoms with E-state index < -0.39 is 12.0 Å². The molecule has 1 aromatic rings. The van der Waals surface area contributed by atoms with Gasteiger partial charge in [0.2, 0.25) is 0 Å². The topological polar surface area (TPSA) is 52.6 Å². The van der Waals surface area contributed by atoms with E-state index in [0.717, 1.165) is 18.5 Å². The quantitative estimate of drug-likeness (QED) is 0.884. The molecule has 0 saturated carbocycles. The molecule has 1 saturated heterocycles. The van der Waals surface area contributed by atoms with Gasteiger partial charge in [0.1, 0.15) is 6.04 Å². The van der Waals surface area contributed by atoms with Crippen molar-refractivity contribution < 1.29 is 9.90 Å². The van der Waals surface area contributed by atoms with Crippen LogP contribution in [0.1, 0.15) is 31.9 Å². The number of benzene rings is 1. The Balaban J connectivity index is 2.11. The first kappa shape index (κ1) is 15.0. The number of hydrogen-bond donors (Lipinski definition) is 2. The molecule has 20 heavy (non-hydrogen) atoms. The minimum absolute atomic E-state index is 0.238. The van der Waals surface area contributed by atoms with Gasteiger partial charge in [0.25, 0.3) is 0 Å². The zero-order valence-electron chi connectivity index (χ0n) is 12.4. The molecule has 4 atom stereocenters. The predicted molar refractivity (Wildman–Crippen MR) is 79.6 cm³/mol. The van der Waals surface area contributed by atoms with Crippen molar-refractivity contribution in [3.63, 3.8) is 0 Å². The lowest BCUT2D eigenvalue weighted by atomic mass is 9.88. The SMILES string of the molecule is CC1CN(C)C(C)CC1NC(C(=O)O)c1ccccc1. The van der Waals surface area contributed by atoms with Gasteiger partial charge in [-0.05, 0) is 31.9 Å². The molecular formula is C16H24N2O2. The van der Waals surface area contributed by atoms with Gasteiger partial charge in [-0.2, -0.15) is 0 Å². The van der Waals surface area contributed by atoms with Gasteiger partial charge < -0.3 is 10.0 Å². The van der Waals surface area contributed by atoms with E-state index in [9.17, 15) is 9.90 Å². The van der Waals surface area contributed by atoms with E-state index in [1.165, 1.54) is 0 Å². The predicted octanol–water partition coefficient (Wildman–Crippen LogP) is 2.13. The Kier molecular flexibility index (Phi) is 4.78. The van der Waals surface area contributed by atoms with E-state index in [0.29, 0.717) is 12.0 Å². The normalized spacial score (nSPS) is 29.1. The molecule has 110 valence electrons. The second-order valence-electron chi connectivity index (χ2n) is 5.96. The van der Waals surface area contributed by atoms with E-state index in [1.807, 2.05) is 30.3 Å². The number of nitrogens with one attached hydrogen (secondary N) is 1. The molecular weight excluding hydrogens is 252 g/mol. The summed E-state index contributed by atoms with van der Waals surface area (Å²) in [5, 5.41) is 12.8. The third-order valence-electron chi connectivity index (χ3n) is 4.37. The fourth-order valence-electron chi connectivity index (χ4n) is 2.94. The maximum absolute atomic E-state index is 11.6. The number of carboxylic acid groups (broad SMARTS) is 1. The van der Waals surface area contributed by atoms with Crippen LogP contribution in [0.15, 0.2) is 30.3 Å². The van der Waals surface area contributed by atoms with Gasteiger partial charge in [0.15, 0.2) is 0 Å². The third kappa shape index (κ3) is 3.38. The van der Waals surface area contributed by atoms with E-state index in [2.05, 4.69) is 31.1 Å². The number of piperidine rings is 1. The maximum atomic E-state index is 11.6. The Hall–Kier alpha value is -1.39. The number of rotatable bonds is 4. The van der Waals surface area contributed by atoms with Gasteiger partial charge in [-0.3, -0.25) is 10.1 Å². The molecule has 4 nitrogen and oxygen atoms in total. The maximum Gasteiger partial charge on any atom is 0.325 e. The molecule has 0 radical (unpaired) electrons. The standard InChI is InChI=1S/C16H24N2O2/c1-11-10-18(3)12(2)9-14(11)17-15(16(19)20)13-7-5-4-6-8-13/h4-8,11-12,14-15,17H,9-10H2,1-3H3,(H,19,20). The van der Waals surface area contributed by atoms with Crippen LogP contribution in [0.2, 0.25) is 0 Å². The average molecular weight is 276 g/mol. The molecule has 2 N–H and O–H groups in total. The highest BCUT2D eigenvalue weighted by molar-refractivity contribution is 5.75. The van der Waals surface area contributed by atoms with Gasteiger partial charge in [-0.1, -0.05) is 37.3 Å². The highest BCUT2D eigenvalue weighted by Gasteiger charge is 2.32. The first-order valence-electron chi connectivity index (χ1n) is 7.23. The van der Waals surface area contributed by atoms with Gasteiger partial charge in [0, 0.05) is 18.6 Å². The summed E-state index contributed by atoms with van der Waals surface area (Å²) in [6.45, 7) is 5.38. The minimum atomic E-state index is -0.810. The number of carbonyl (C=O) groups is 1. The molecule has 0 spiro atoms. The highest BCUT2D eigenvalue weighted by Crippen LogP contribution is 2.24. The fraction of sp³-hybridized carbons (Fsp3) is 0.562. The Morgan fingerprint density at radius 2 is 2.00 bits per heavy atom. The van der Waals surface area contributed by atoms with Crippen molar-refractivity contribution in [3.8, 4) is 0 Å². The van der Waals surface area contributed by atoms with Crippen LogP contribution in [0.4, 0.5) is 0 Å². The van der Waals surface area contributed by atoms with Gasteiger partial charge >= 0.3 is 5.97 Å². The van der Waals surface area contributed by atoms with Crippen molar-refractivity contribution in [2.75, 3.05) is 13.6 Å². The second kappa shape index (κ2) is 6.37. The molecule has 4 heteroatoms. The fourth-order valence-corrected chi connectivity index (χ4v) is 2.94. The lowest BCUT2D eigenvalue weighted by Crippen LogP contribution is -2.52. The molecule has 1 heterocycles. The summed E-state index contributed by atoms with van der Waals surface area (Å²) >= 11 is 0. The molecule has 2 rings (SSSR count). The summed E-state index contributed by atoms with van der Waals surface area (Å²) in [5.41, 5.74) is 0.818. The van der Waals surface area contributed by atoms with E-state index in [4.69, 9.17) is 0 Å². The van der Waals surface area contributed by atoms with Crippen LogP contribution in [0, 0.1) is 5.92 Å². The van der Waals surface area contributed by atoms with Crippen LogP contribution in [-0.2, 0) is 4.79 Å². The Morgan fingerprint density at radius 1 is 1.35 bits per heavy atom. The van der Waals surface area contributed by atoms with Crippen LogP contribution < -0.4 is 5.32 Å². The first-order valence-corrected chi connectivity index (χ1v) is 7.23. The molecule has 1 aromatic carbocycles. The molecule has 0 amide bonds. The number of carboxylic acids is 1. The zero-order chi connectivity index (χ0) is 14.7. The average Bonchev–Trinajstić information content (AvgIpc) is 2.42. The molecule has 1 aliphatic heterocycles. The van der Waals surface area contributed by atoms with Crippen molar-refractivity contribution in [1.29, 1.82) is 0 Å². The molecule has 4 unspecified atom stereocenters. The Morgan fingerprint density at radius 3 is 2.60 bits per heavy atom. The van der Waals surface area contributed by atoms with Crippen LogP contribution in [0.3, 0.4) is 0 Å². The summed E-state index contributed by atoms with van der Waals surface area (Å²) in [6, 6.07) is 9.50. The summed E-state index contributed by atoms with van der Waals surface area (Å²) in [4.78, 5) is 13.9. The second-order valence-corrected chi connectivity index (χ2v) is 5.96. The first-order chi connectivity index (χ1) is 9.49. The van der Waals surface area contributed by atoms with E-state index >= 15 is 0 Å². The smallest absolute Gasteiger partial charge is 0.325 e. The zero-order valence-corrected chi connectivity index (χ0v) is 12.4. The lowest BCUT2D eigenvalue weighted by Gasteiger charge is -2.41. The monoisotopic (exact) mass is 276 g/mol. The Bertz CT molecular complexity index is 449. The van der Waals surface area contributed by atoms with Gasteiger partial charge in [0.05, 0.1) is 0 Å². The third-order valence-corrected chi connectivity index (χ3v) is 4.37. The number of likely N-dealkylation sites (tertiary alicyclic amines) is 1. The number of hydrogen-bond acceptors (Lipinski definition) is 3.